The van der Waals surface area contributed by atoms with Crippen molar-refractivity contribution in [1.29, 1.82) is 0 Å². The van der Waals surface area contributed by atoms with E-state index in [2.05, 4.69) is 5.32 Å². The number of aryl methyl sites for hydroxylation is 1. The Labute approximate surface area is 156 Å². The van der Waals surface area contributed by atoms with E-state index in [1.807, 2.05) is 39.0 Å². The van der Waals surface area contributed by atoms with Crippen LogP contribution in [0.4, 0.5) is 4.79 Å². The molecule has 0 aliphatic carbocycles. The van der Waals surface area contributed by atoms with Gasteiger partial charge in [0.1, 0.15) is 23.5 Å². The Morgan fingerprint density at radius 3 is 2.23 bits per heavy atom. The lowest BCUT2D eigenvalue weighted by Crippen LogP contribution is -2.43. The minimum Gasteiger partial charge on any atom is -0.497 e. The Balaban J connectivity index is 2.66. The third kappa shape index (κ3) is 6.58. The Morgan fingerprint density at radius 2 is 1.73 bits per heavy atom. The van der Waals surface area contributed by atoms with Crippen LogP contribution in [0.15, 0.2) is 18.2 Å². The van der Waals surface area contributed by atoms with Gasteiger partial charge in [-0.3, -0.25) is 0 Å². The molecule has 0 saturated carbocycles. The predicted molar refractivity (Wildman–Crippen MR) is 101 cm³/mol. The summed E-state index contributed by atoms with van der Waals surface area (Å²) in [6, 6.07) is 5.02. The average Bonchev–Trinajstić information content (AvgIpc) is 2.51. The minimum atomic E-state index is -0.795. The molecule has 0 bridgehead atoms. The average molecular weight is 365 g/mol. The van der Waals surface area contributed by atoms with Crippen LogP contribution in [0.3, 0.4) is 0 Å². The van der Waals surface area contributed by atoms with Gasteiger partial charge in [0, 0.05) is 5.92 Å². The van der Waals surface area contributed by atoms with E-state index in [-0.39, 0.29) is 12.0 Å². The van der Waals surface area contributed by atoms with E-state index >= 15 is 0 Å². The van der Waals surface area contributed by atoms with Crippen molar-refractivity contribution in [2.45, 2.75) is 72.1 Å². The molecular weight excluding hydrogens is 334 g/mol. The molecular formula is C20H31NO5. The van der Waals surface area contributed by atoms with Gasteiger partial charge < -0.3 is 19.5 Å². The fourth-order valence-electron chi connectivity index (χ4n) is 2.47. The van der Waals surface area contributed by atoms with Crippen LogP contribution in [0.2, 0.25) is 0 Å². The monoisotopic (exact) mass is 365 g/mol. The Bertz CT molecular complexity index is 636. The number of carbonyl (C=O) groups is 2. The summed E-state index contributed by atoms with van der Waals surface area (Å²) in [7, 11) is 1.63. The highest BCUT2D eigenvalue weighted by Crippen LogP contribution is 2.27. The lowest BCUT2D eigenvalue weighted by molar-refractivity contribution is -0.151. The maximum Gasteiger partial charge on any atom is 0.408 e. The molecule has 0 radical (unpaired) electrons. The number of esters is 1. The third-order valence-electron chi connectivity index (χ3n) is 4.06. The molecule has 0 spiro atoms. The zero-order chi connectivity index (χ0) is 20.1. The number of hydrogen-bond acceptors (Lipinski definition) is 5. The molecule has 1 amide bonds. The summed E-state index contributed by atoms with van der Waals surface area (Å²) in [5.74, 6) is 0.290. The molecule has 0 aromatic heterocycles. The summed E-state index contributed by atoms with van der Waals surface area (Å²) < 4.78 is 15.9. The molecule has 0 fully saturated rings. The Hall–Kier alpha value is -2.24. The van der Waals surface area contributed by atoms with E-state index in [9.17, 15) is 9.59 Å². The van der Waals surface area contributed by atoms with Gasteiger partial charge in [-0.1, -0.05) is 13.0 Å². The van der Waals surface area contributed by atoms with Crippen molar-refractivity contribution in [3.63, 3.8) is 0 Å². The van der Waals surface area contributed by atoms with Gasteiger partial charge in [-0.05, 0) is 64.8 Å². The van der Waals surface area contributed by atoms with Gasteiger partial charge in [0.15, 0.2) is 0 Å². The van der Waals surface area contributed by atoms with E-state index in [0.29, 0.717) is 0 Å². The van der Waals surface area contributed by atoms with Gasteiger partial charge in [0.25, 0.3) is 0 Å². The summed E-state index contributed by atoms with van der Waals surface area (Å²) in [6.45, 7) is 12.7. The Kier molecular flexibility index (Phi) is 7.48. The highest BCUT2D eigenvalue weighted by Gasteiger charge is 2.26. The van der Waals surface area contributed by atoms with Gasteiger partial charge >= 0.3 is 12.1 Å². The lowest BCUT2D eigenvalue weighted by atomic mass is 9.92. The molecule has 0 unspecified atom stereocenters. The van der Waals surface area contributed by atoms with Crippen molar-refractivity contribution in [2.75, 3.05) is 7.11 Å². The smallest absolute Gasteiger partial charge is 0.408 e. The van der Waals surface area contributed by atoms with E-state index in [0.717, 1.165) is 16.9 Å². The van der Waals surface area contributed by atoms with Crippen molar-refractivity contribution in [3.05, 3.63) is 29.3 Å². The molecule has 0 aliphatic rings. The molecule has 3 atom stereocenters. The fourth-order valence-corrected chi connectivity index (χ4v) is 2.47. The van der Waals surface area contributed by atoms with Crippen LogP contribution < -0.4 is 10.1 Å². The zero-order valence-electron chi connectivity index (χ0n) is 17.0. The maximum atomic E-state index is 12.3. The molecule has 1 aromatic carbocycles. The maximum absolute atomic E-state index is 12.3. The predicted octanol–water partition coefficient (Wildman–Crippen LogP) is 3.95. The number of rotatable bonds is 6. The van der Waals surface area contributed by atoms with Gasteiger partial charge in [0.2, 0.25) is 0 Å². The molecule has 0 saturated heterocycles. The standard InChI is InChI=1S/C20H31NO5/c1-12-11-16(24-8)9-10-17(12)13(2)15(4)25-18(22)14(3)21-19(23)26-20(5,6)7/h9-11,13-15H,1-8H3,(H,21,23)/t13-,14+,15+/m0/s1. The molecule has 6 heteroatoms. The van der Waals surface area contributed by atoms with Crippen LogP contribution in [0.1, 0.15) is 58.6 Å². The molecule has 6 nitrogen and oxygen atoms in total. The second-order valence-corrected chi connectivity index (χ2v) is 7.52. The second-order valence-electron chi connectivity index (χ2n) is 7.52. The van der Waals surface area contributed by atoms with Crippen LogP contribution >= 0.6 is 0 Å². The highest BCUT2D eigenvalue weighted by atomic mass is 16.6. The van der Waals surface area contributed by atoms with Crippen LogP contribution in [-0.4, -0.2) is 36.9 Å². The summed E-state index contributed by atoms with van der Waals surface area (Å²) in [4.78, 5) is 24.0. The lowest BCUT2D eigenvalue weighted by Gasteiger charge is -2.25. The number of ether oxygens (including phenoxy) is 3. The number of benzene rings is 1. The van der Waals surface area contributed by atoms with E-state index in [4.69, 9.17) is 14.2 Å². The minimum absolute atomic E-state index is 0.00131. The van der Waals surface area contributed by atoms with Crippen LogP contribution in [-0.2, 0) is 14.3 Å². The first-order valence-corrected chi connectivity index (χ1v) is 8.79. The molecule has 0 heterocycles. The summed E-state index contributed by atoms with van der Waals surface area (Å²) in [5, 5.41) is 2.49. The van der Waals surface area contributed by atoms with Crippen molar-refractivity contribution in [2.24, 2.45) is 0 Å². The van der Waals surface area contributed by atoms with Crippen molar-refractivity contribution < 1.29 is 23.8 Å². The second kappa shape index (κ2) is 8.92. The van der Waals surface area contributed by atoms with Gasteiger partial charge in [-0.25, -0.2) is 9.59 Å². The first kappa shape index (κ1) is 21.8. The van der Waals surface area contributed by atoms with Gasteiger partial charge in [0.05, 0.1) is 7.11 Å². The van der Waals surface area contributed by atoms with Crippen molar-refractivity contribution >= 4 is 12.1 Å². The first-order valence-electron chi connectivity index (χ1n) is 8.79. The van der Waals surface area contributed by atoms with Crippen LogP contribution in [0.5, 0.6) is 5.75 Å². The van der Waals surface area contributed by atoms with E-state index in [1.165, 1.54) is 0 Å². The summed E-state index contributed by atoms with van der Waals surface area (Å²) in [6.07, 6.45) is -0.994. The largest absolute Gasteiger partial charge is 0.497 e. The topological polar surface area (TPSA) is 73.9 Å². The van der Waals surface area contributed by atoms with Crippen LogP contribution in [0, 0.1) is 6.92 Å². The molecule has 0 aliphatic heterocycles. The number of amides is 1. The molecule has 1 N–H and O–H groups in total. The summed E-state index contributed by atoms with van der Waals surface area (Å²) in [5.41, 5.74) is 1.53. The van der Waals surface area contributed by atoms with E-state index < -0.39 is 23.7 Å². The molecule has 1 rings (SSSR count). The van der Waals surface area contributed by atoms with Crippen molar-refractivity contribution in [3.8, 4) is 5.75 Å². The molecule has 26 heavy (non-hydrogen) atoms. The summed E-state index contributed by atoms with van der Waals surface area (Å²) >= 11 is 0. The first-order chi connectivity index (χ1) is 11.9. The Morgan fingerprint density at radius 1 is 1.12 bits per heavy atom. The van der Waals surface area contributed by atoms with E-state index in [1.54, 1.807) is 34.8 Å². The number of nitrogens with one attached hydrogen (secondary N) is 1. The van der Waals surface area contributed by atoms with Crippen LogP contribution in [0.25, 0.3) is 0 Å². The number of hydrogen-bond donors (Lipinski definition) is 1. The van der Waals surface area contributed by atoms with Gasteiger partial charge in [-0.15, -0.1) is 0 Å². The quantitative estimate of drug-likeness (QED) is 0.773. The normalized spacial score (nSPS) is 14.8. The fraction of sp³-hybridized carbons (Fsp3) is 0.600. The highest BCUT2D eigenvalue weighted by molar-refractivity contribution is 5.81. The van der Waals surface area contributed by atoms with Gasteiger partial charge in [-0.2, -0.15) is 0 Å². The number of methoxy groups -OCH3 is 1. The molecule has 146 valence electrons. The number of carbonyl (C=O) groups excluding carboxylic acids is 2. The third-order valence-corrected chi connectivity index (χ3v) is 4.06. The SMILES string of the molecule is COc1ccc([C@@H](C)[C@@H](C)OC(=O)[C@@H](C)NC(=O)OC(C)(C)C)c(C)c1. The number of alkyl carbamates (subject to hydrolysis) is 1. The molecule has 1 aromatic rings. The van der Waals surface area contributed by atoms with Crippen molar-refractivity contribution in [1.82, 2.24) is 5.32 Å². The zero-order valence-corrected chi connectivity index (χ0v) is 17.0.